The smallest absolute Gasteiger partial charge is 0.146 e. The van der Waals surface area contributed by atoms with Crippen LogP contribution in [0.5, 0.6) is 0 Å². The number of hydrogen-bond acceptors (Lipinski definition) is 3. The van der Waals surface area contributed by atoms with Gasteiger partial charge >= 0.3 is 0 Å². The van der Waals surface area contributed by atoms with Crippen LogP contribution in [-0.4, -0.2) is 19.0 Å². The van der Waals surface area contributed by atoms with E-state index in [0.29, 0.717) is 6.04 Å². The first kappa shape index (κ1) is 16.2. The maximum Gasteiger partial charge on any atom is 0.146 e. The molecule has 1 aliphatic heterocycles. The topological polar surface area (TPSA) is 21.7 Å². The van der Waals surface area contributed by atoms with Gasteiger partial charge in [-0.05, 0) is 44.5 Å². The Hall–Kier alpha value is -2.26. The first-order valence-electron chi connectivity index (χ1n) is 9.04. The maximum absolute atomic E-state index is 6.27. The molecule has 0 saturated heterocycles. The molecule has 2 aliphatic carbocycles. The summed E-state index contributed by atoms with van der Waals surface area (Å²) < 4.78 is 11.9. The third-order valence-electron chi connectivity index (χ3n) is 5.29. The van der Waals surface area contributed by atoms with E-state index in [1.807, 2.05) is 0 Å². The highest BCUT2D eigenvalue weighted by Gasteiger charge is 2.36. The number of nitrogens with zero attached hydrogens (tertiary/aromatic N) is 1. The van der Waals surface area contributed by atoms with Gasteiger partial charge in [-0.3, -0.25) is 0 Å². The summed E-state index contributed by atoms with van der Waals surface area (Å²) in [6.45, 7) is 0. The molecule has 4 rings (SSSR count). The third-order valence-corrected chi connectivity index (χ3v) is 5.29. The lowest BCUT2D eigenvalue weighted by Gasteiger charge is -2.23. The quantitative estimate of drug-likeness (QED) is 0.757. The van der Waals surface area contributed by atoms with E-state index in [1.54, 1.807) is 12.5 Å². The van der Waals surface area contributed by atoms with Crippen molar-refractivity contribution >= 4 is 0 Å². The monoisotopic (exact) mass is 335 g/mol. The summed E-state index contributed by atoms with van der Waals surface area (Å²) in [5, 5.41) is 0. The Bertz CT molecular complexity index is 770. The van der Waals surface area contributed by atoms with Crippen molar-refractivity contribution in [2.75, 3.05) is 14.1 Å². The fraction of sp³-hybridized carbons (Fsp3) is 0.364. The Morgan fingerprint density at radius 3 is 2.72 bits per heavy atom. The molecule has 0 N–H and O–H groups in total. The molecule has 0 saturated carbocycles. The molecule has 130 valence electrons. The van der Waals surface area contributed by atoms with Crippen molar-refractivity contribution in [1.82, 2.24) is 4.90 Å². The van der Waals surface area contributed by atoms with Crippen LogP contribution in [0, 0.1) is 0 Å². The average molecular weight is 335 g/mol. The van der Waals surface area contributed by atoms with Gasteiger partial charge in [0.05, 0.1) is 0 Å². The van der Waals surface area contributed by atoms with Crippen LogP contribution in [0.2, 0.25) is 0 Å². The standard InChI is InChI=1S/C22H25NO2/c1-23(2)21-13-20(18-10-6-7-11-19(18)21)22-15-24-14-17(25-22)12-16-8-4-3-5-9-16/h3-4,6-8,10-11,14-15,20-21H,5,9,12-13H2,1-2H3. The van der Waals surface area contributed by atoms with Crippen LogP contribution in [0.3, 0.4) is 0 Å². The highest BCUT2D eigenvalue weighted by atomic mass is 16.5. The Labute approximate surface area is 149 Å². The van der Waals surface area contributed by atoms with Gasteiger partial charge < -0.3 is 14.4 Å². The summed E-state index contributed by atoms with van der Waals surface area (Å²) in [5.41, 5.74) is 4.16. The summed E-state index contributed by atoms with van der Waals surface area (Å²) in [6.07, 6.45) is 14.1. The van der Waals surface area contributed by atoms with Crippen LogP contribution in [0.25, 0.3) is 0 Å². The van der Waals surface area contributed by atoms with Crippen molar-refractivity contribution in [1.29, 1.82) is 0 Å². The Balaban J connectivity index is 1.52. The third kappa shape index (κ3) is 3.29. The molecule has 1 aromatic carbocycles. The zero-order valence-corrected chi connectivity index (χ0v) is 14.9. The van der Waals surface area contributed by atoms with E-state index in [9.17, 15) is 0 Å². The lowest BCUT2D eigenvalue weighted by molar-refractivity contribution is 0.190. The van der Waals surface area contributed by atoms with Gasteiger partial charge in [-0.1, -0.05) is 48.1 Å². The molecule has 0 fully saturated rings. The summed E-state index contributed by atoms with van der Waals surface area (Å²) >= 11 is 0. The SMILES string of the molecule is CN(C)C1CC(C2=COC=C(CC3=CC=CCC3)O2)c2ccccc21. The number of ether oxygens (including phenoxy) is 2. The zero-order valence-electron chi connectivity index (χ0n) is 14.9. The van der Waals surface area contributed by atoms with Gasteiger partial charge in [-0.2, -0.15) is 0 Å². The number of allylic oxidation sites excluding steroid dienone is 5. The Kier molecular flexibility index (Phi) is 4.50. The fourth-order valence-corrected chi connectivity index (χ4v) is 4.00. The van der Waals surface area contributed by atoms with Gasteiger partial charge in [0.25, 0.3) is 0 Å². The lowest BCUT2D eigenvalue weighted by Crippen LogP contribution is -2.18. The summed E-state index contributed by atoms with van der Waals surface area (Å²) in [4.78, 5) is 2.29. The molecule has 3 heteroatoms. The van der Waals surface area contributed by atoms with Crippen LogP contribution < -0.4 is 0 Å². The largest absolute Gasteiger partial charge is 0.466 e. The van der Waals surface area contributed by atoms with E-state index >= 15 is 0 Å². The molecule has 2 atom stereocenters. The molecule has 3 aliphatic rings. The molecule has 0 amide bonds. The molecule has 25 heavy (non-hydrogen) atoms. The van der Waals surface area contributed by atoms with Crippen LogP contribution in [0.4, 0.5) is 0 Å². The van der Waals surface area contributed by atoms with E-state index in [1.165, 1.54) is 16.7 Å². The van der Waals surface area contributed by atoms with E-state index in [2.05, 4.69) is 61.5 Å². The minimum atomic E-state index is 0.257. The molecule has 0 bridgehead atoms. The first-order chi connectivity index (χ1) is 12.2. The molecule has 0 radical (unpaired) electrons. The number of benzene rings is 1. The van der Waals surface area contributed by atoms with E-state index in [-0.39, 0.29) is 5.92 Å². The predicted octanol–water partition coefficient (Wildman–Crippen LogP) is 5.17. The van der Waals surface area contributed by atoms with Gasteiger partial charge in [-0.15, -0.1) is 0 Å². The predicted molar refractivity (Wildman–Crippen MR) is 99.6 cm³/mol. The summed E-state index contributed by atoms with van der Waals surface area (Å²) in [7, 11) is 4.29. The van der Waals surface area contributed by atoms with Gasteiger partial charge in [0.1, 0.15) is 24.0 Å². The Morgan fingerprint density at radius 1 is 1.12 bits per heavy atom. The minimum absolute atomic E-state index is 0.257. The molecular formula is C22H25NO2. The van der Waals surface area contributed by atoms with Crippen LogP contribution in [0.15, 0.2) is 72.1 Å². The van der Waals surface area contributed by atoms with Crippen molar-refractivity contribution in [3.63, 3.8) is 0 Å². The summed E-state index contributed by atoms with van der Waals surface area (Å²) in [5.74, 6) is 2.10. The molecule has 1 heterocycles. The van der Waals surface area contributed by atoms with Crippen LogP contribution >= 0.6 is 0 Å². The highest BCUT2D eigenvalue weighted by molar-refractivity contribution is 5.42. The Morgan fingerprint density at radius 2 is 1.96 bits per heavy atom. The maximum atomic E-state index is 6.27. The van der Waals surface area contributed by atoms with Gasteiger partial charge in [-0.25, -0.2) is 0 Å². The second kappa shape index (κ2) is 6.93. The number of fused-ring (bicyclic) bond motifs is 1. The van der Waals surface area contributed by atoms with E-state index in [0.717, 1.165) is 37.2 Å². The number of rotatable bonds is 4. The molecule has 0 spiro atoms. The fourth-order valence-electron chi connectivity index (χ4n) is 4.00. The highest BCUT2D eigenvalue weighted by Crippen LogP contribution is 2.47. The molecular weight excluding hydrogens is 310 g/mol. The number of hydrogen-bond donors (Lipinski definition) is 0. The summed E-state index contributed by atoms with van der Waals surface area (Å²) in [6, 6.07) is 9.12. The van der Waals surface area contributed by atoms with Crippen molar-refractivity contribution in [2.24, 2.45) is 0 Å². The van der Waals surface area contributed by atoms with E-state index < -0.39 is 0 Å². The van der Waals surface area contributed by atoms with Crippen LogP contribution in [0.1, 0.15) is 48.8 Å². The normalized spacial score (nSPS) is 24.8. The van der Waals surface area contributed by atoms with Gasteiger partial charge in [0, 0.05) is 18.4 Å². The van der Waals surface area contributed by atoms with Crippen molar-refractivity contribution in [2.45, 2.75) is 37.6 Å². The minimum Gasteiger partial charge on any atom is -0.466 e. The second-order valence-corrected chi connectivity index (χ2v) is 7.21. The molecule has 3 nitrogen and oxygen atoms in total. The van der Waals surface area contributed by atoms with Crippen molar-refractivity contribution < 1.29 is 9.47 Å². The van der Waals surface area contributed by atoms with E-state index in [4.69, 9.17) is 9.47 Å². The van der Waals surface area contributed by atoms with Crippen LogP contribution in [-0.2, 0) is 9.47 Å². The van der Waals surface area contributed by atoms with Crippen molar-refractivity contribution in [3.05, 3.63) is 83.2 Å². The van der Waals surface area contributed by atoms with Gasteiger partial charge in [0.2, 0.25) is 0 Å². The first-order valence-corrected chi connectivity index (χ1v) is 9.04. The lowest BCUT2D eigenvalue weighted by atomic mass is 9.98. The van der Waals surface area contributed by atoms with Crippen molar-refractivity contribution in [3.8, 4) is 0 Å². The zero-order chi connectivity index (χ0) is 17.2. The second-order valence-electron chi connectivity index (χ2n) is 7.21. The van der Waals surface area contributed by atoms with Gasteiger partial charge in [0.15, 0.2) is 0 Å². The average Bonchev–Trinajstić information content (AvgIpc) is 3.03. The molecule has 0 aromatic heterocycles. The molecule has 1 aromatic rings. The molecule has 2 unspecified atom stereocenters.